The van der Waals surface area contributed by atoms with Crippen LogP contribution in [-0.2, 0) is 4.79 Å². The zero-order chi connectivity index (χ0) is 26.1. The van der Waals surface area contributed by atoms with E-state index in [1.807, 2.05) is 48.6 Å². The highest BCUT2D eigenvalue weighted by Crippen LogP contribution is 2.34. The number of hydrogen-bond donors (Lipinski definition) is 0. The molecule has 0 heterocycles. The highest BCUT2D eigenvalue weighted by atomic mass is 16.5. The van der Waals surface area contributed by atoms with Gasteiger partial charge in [-0.25, -0.2) is 0 Å². The minimum Gasteiger partial charge on any atom is -0.493 e. The second-order valence-electron chi connectivity index (χ2n) is 10.1. The van der Waals surface area contributed by atoms with Gasteiger partial charge in [0.05, 0.1) is 27.4 Å². The Morgan fingerprint density at radius 3 is 1.47 bits per heavy atom. The van der Waals surface area contributed by atoms with Crippen LogP contribution in [0.5, 0.6) is 23.0 Å². The van der Waals surface area contributed by atoms with E-state index in [-0.39, 0.29) is 5.78 Å². The summed E-state index contributed by atoms with van der Waals surface area (Å²) in [5, 5.41) is 0. The topological polar surface area (TPSA) is 54.0 Å². The average molecular weight is 493 g/mol. The molecule has 0 radical (unpaired) electrons. The van der Waals surface area contributed by atoms with E-state index in [4.69, 9.17) is 18.9 Å². The summed E-state index contributed by atoms with van der Waals surface area (Å²) >= 11 is 0. The lowest BCUT2D eigenvalue weighted by atomic mass is 10.1. The zero-order valence-electron chi connectivity index (χ0n) is 22.6. The maximum atomic E-state index is 13.1. The maximum Gasteiger partial charge on any atom is 0.185 e. The number of ether oxygens (including phenoxy) is 4. The number of allylic oxidation sites excluding steroid dienone is 2. The van der Waals surface area contributed by atoms with E-state index in [0.717, 1.165) is 46.6 Å². The van der Waals surface area contributed by atoms with E-state index in [0.29, 0.717) is 49.4 Å². The van der Waals surface area contributed by atoms with Crippen LogP contribution in [0.15, 0.2) is 47.5 Å². The van der Waals surface area contributed by atoms with Gasteiger partial charge in [-0.2, -0.15) is 0 Å². The summed E-state index contributed by atoms with van der Waals surface area (Å²) in [6.45, 7) is 9.99. The van der Waals surface area contributed by atoms with E-state index >= 15 is 0 Å². The molecule has 36 heavy (non-hydrogen) atoms. The first kappa shape index (κ1) is 27.4. The molecule has 1 saturated carbocycles. The molecule has 0 atom stereocenters. The Labute approximate surface area is 216 Å². The second kappa shape index (κ2) is 13.2. The first-order valence-electron chi connectivity index (χ1n) is 12.9. The van der Waals surface area contributed by atoms with Crippen LogP contribution in [0.25, 0.3) is 12.2 Å². The first-order chi connectivity index (χ1) is 17.3. The van der Waals surface area contributed by atoms with E-state index in [1.54, 1.807) is 14.2 Å². The van der Waals surface area contributed by atoms with Gasteiger partial charge in [0.25, 0.3) is 0 Å². The summed E-state index contributed by atoms with van der Waals surface area (Å²) in [7, 11) is 3.27. The third-order valence-corrected chi connectivity index (χ3v) is 6.21. The molecule has 0 saturated heterocycles. The van der Waals surface area contributed by atoms with Crippen LogP contribution in [0.3, 0.4) is 0 Å². The van der Waals surface area contributed by atoms with Crippen molar-refractivity contribution in [2.45, 2.75) is 53.4 Å². The Bertz CT molecular complexity index is 1010. The quantitative estimate of drug-likeness (QED) is 0.289. The first-order valence-corrected chi connectivity index (χ1v) is 12.9. The van der Waals surface area contributed by atoms with Gasteiger partial charge in [0.15, 0.2) is 28.8 Å². The molecule has 0 unspecified atom stereocenters. The fourth-order valence-electron chi connectivity index (χ4n) is 3.98. The SMILES string of the molecule is COc1cc(/C=C2/CC/C(=C/c3ccc(OCCC(C)C)c(OC)c3)C2=O)ccc1OCCC(C)C. The monoisotopic (exact) mass is 492 g/mol. The summed E-state index contributed by atoms with van der Waals surface area (Å²) in [5.74, 6) is 4.06. The van der Waals surface area contributed by atoms with Crippen molar-refractivity contribution < 1.29 is 23.7 Å². The molecule has 0 aromatic heterocycles. The van der Waals surface area contributed by atoms with Gasteiger partial charge in [-0.05, 0) is 85.1 Å². The van der Waals surface area contributed by atoms with Crippen LogP contribution in [0.1, 0.15) is 64.5 Å². The molecule has 5 heteroatoms. The van der Waals surface area contributed by atoms with Crippen LogP contribution >= 0.6 is 0 Å². The molecule has 0 amide bonds. The fraction of sp³-hybridized carbons (Fsp3) is 0.452. The van der Waals surface area contributed by atoms with Crippen molar-refractivity contribution >= 4 is 17.9 Å². The molecular weight excluding hydrogens is 452 g/mol. The third-order valence-electron chi connectivity index (χ3n) is 6.21. The largest absolute Gasteiger partial charge is 0.493 e. The molecule has 1 aliphatic rings. The van der Waals surface area contributed by atoms with E-state index < -0.39 is 0 Å². The highest BCUT2D eigenvalue weighted by Gasteiger charge is 2.23. The minimum atomic E-state index is 0.0856. The molecule has 2 aromatic rings. The van der Waals surface area contributed by atoms with Crippen molar-refractivity contribution in [2.24, 2.45) is 11.8 Å². The zero-order valence-corrected chi connectivity index (χ0v) is 22.6. The molecule has 0 spiro atoms. The van der Waals surface area contributed by atoms with Crippen molar-refractivity contribution in [3.63, 3.8) is 0 Å². The van der Waals surface area contributed by atoms with E-state index in [1.165, 1.54) is 0 Å². The number of hydrogen-bond acceptors (Lipinski definition) is 5. The summed E-state index contributed by atoms with van der Waals surface area (Å²) in [5.41, 5.74) is 3.46. The van der Waals surface area contributed by atoms with Crippen molar-refractivity contribution in [1.29, 1.82) is 0 Å². The van der Waals surface area contributed by atoms with Crippen molar-refractivity contribution in [3.8, 4) is 23.0 Å². The lowest BCUT2D eigenvalue weighted by molar-refractivity contribution is -0.111. The van der Waals surface area contributed by atoms with Crippen molar-refractivity contribution in [1.82, 2.24) is 0 Å². The van der Waals surface area contributed by atoms with Gasteiger partial charge in [0, 0.05) is 11.1 Å². The van der Waals surface area contributed by atoms with Gasteiger partial charge in [-0.3, -0.25) is 4.79 Å². The Morgan fingerprint density at radius 2 is 1.11 bits per heavy atom. The molecule has 1 aliphatic carbocycles. The van der Waals surface area contributed by atoms with Gasteiger partial charge in [-0.1, -0.05) is 39.8 Å². The van der Waals surface area contributed by atoms with Gasteiger partial charge in [0.2, 0.25) is 0 Å². The second-order valence-corrected chi connectivity index (χ2v) is 10.1. The Hall–Kier alpha value is -3.21. The van der Waals surface area contributed by atoms with Crippen LogP contribution < -0.4 is 18.9 Å². The lowest BCUT2D eigenvalue weighted by Gasteiger charge is -2.12. The molecule has 2 aromatic carbocycles. The molecule has 194 valence electrons. The lowest BCUT2D eigenvalue weighted by Crippen LogP contribution is -2.03. The molecule has 5 nitrogen and oxygen atoms in total. The fourth-order valence-corrected chi connectivity index (χ4v) is 3.98. The molecule has 3 rings (SSSR count). The standard InChI is InChI=1S/C31H40O5/c1-21(2)13-15-35-27-11-7-23(19-29(27)33-5)17-25-9-10-26(31(25)32)18-24-8-12-28(30(20-24)34-6)36-16-14-22(3)4/h7-8,11-12,17-22H,9-10,13-16H2,1-6H3/b25-17-,26-18-. The Morgan fingerprint density at radius 1 is 0.694 bits per heavy atom. The van der Waals surface area contributed by atoms with Gasteiger partial charge in [0.1, 0.15) is 0 Å². The molecule has 0 bridgehead atoms. The van der Waals surface area contributed by atoms with E-state index in [2.05, 4.69) is 27.7 Å². The number of carbonyl (C=O) groups is 1. The number of ketones is 1. The summed E-state index contributed by atoms with van der Waals surface area (Å²) in [6.07, 6.45) is 7.31. The summed E-state index contributed by atoms with van der Waals surface area (Å²) in [6, 6.07) is 11.6. The number of rotatable bonds is 12. The number of methoxy groups -OCH3 is 2. The smallest absolute Gasteiger partial charge is 0.185 e. The predicted molar refractivity (Wildman–Crippen MR) is 146 cm³/mol. The van der Waals surface area contributed by atoms with Gasteiger partial charge >= 0.3 is 0 Å². The molecule has 0 N–H and O–H groups in total. The molecule has 1 fully saturated rings. The van der Waals surface area contributed by atoms with Crippen LogP contribution in [-0.4, -0.2) is 33.2 Å². The van der Waals surface area contributed by atoms with E-state index in [9.17, 15) is 4.79 Å². The Kier molecular flexibility index (Phi) is 10.0. The number of carbonyl (C=O) groups excluding carboxylic acids is 1. The van der Waals surface area contributed by atoms with Crippen LogP contribution in [0.2, 0.25) is 0 Å². The number of Topliss-reactive ketones (excluding diaryl/α,β-unsaturated/α-hetero) is 1. The Balaban J connectivity index is 1.71. The van der Waals surface area contributed by atoms with Crippen LogP contribution in [0.4, 0.5) is 0 Å². The molecular formula is C31H40O5. The highest BCUT2D eigenvalue weighted by molar-refractivity contribution is 6.15. The normalized spacial score (nSPS) is 15.8. The van der Waals surface area contributed by atoms with Gasteiger partial charge < -0.3 is 18.9 Å². The minimum absolute atomic E-state index is 0.0856. The van der Waals surface area contributed by atoms with Crippen LogP contribution in [0, 0.1) is 11.8 Å². The maximum absolute atomic E-state index is 13.1. The van der Waals surface area contributed by atoms with Crippen molar-refractivity contribution in [2.75, 3.05) is 27.4 Å². The average Bonchev–Trinajstić information content (AvgIpc) is 3.18. The van der Waals surface area contributed by atoms with Gasteiger partial charge in [-0.15, -0.1) is 0 Å². The third kappa shape index (κ3) is 7.64. The molecule has 0 aliphatic heterocycles. The summed E-state index contributed by atoms with van der Waals surface area (Å²) < 4.78 is 22.8. The summed E-state index contributed by atoms with van der Waals surface area (Å²) in [4.78, 5) is 13.1. The van der Waals surface area contributed by atoms with Crippen molar-refractivity contribution in [3.05, 3.63) is 58.7 Å². The number of benzene rings is 2. The predicted octanol–water partition coefficient (Wildman–Crippen LogP) is 7.38.